The van der Waals surface area contributed by atoms with Gasteiger partial charge >= 0.3 is 5.97 Å². The number of ether oxygens (including phenoxy) is 1. The Kier molecular flexibility index (Phi) is 8.10. The van der Waals surface area contributed by atoms with Gasteiger partial charge in [0.25, 0.3) is 0 Å². The fourth-order valence-electron chi connectivity index (χ4n) is 3.11. The topological polar surface area (TPSA) is 74.8 Å². The average molecular weight is 420 g/mol. The molecule has 5 nitrogen and oxygen atoms in total. The molecule has 2 aromatic rings. The van der Waals surface area contributed by atoms with E-state index in [4.69, 9.17) is 10.00 Å². The third kappa shape index (κ3) is 7.03. The Labute approximate surface area is 186 Å². The van der Waals surface area contributed by atoms with Gasteiger partial charge in [0.15, 0.2) is 0 Å². The summed E-state index contributed by atoms with van der Waals surface area (Å²) in [5.74, 6) is 0.150. The Morgan fingerprint density at radius 1 is 0.935 bits per heavy atom. The molecule has 5 heteroatoms. The highest BCUT2D eigenvalue weighted by Gasteiger charge is 2.38. The largest absolute Gasteiger partial charge is 0.426 e. The zero-order chi connectivity index (χ0) is 23.1. The third-order valence-corrected chi connectivity index (χ3v) is 6.19. The average Bonchev–Trinajstić information content (AvgIpc) is 2.77. The van der Waals surface area contributed by atoms with Crippen molar-refractivity contribution in [1.82, 2.24) is 0 Å². The van der Waals surface area contributed by atoms with Crippen molar-refractivity contribution in [2.24, 2.45) is 27.0 Å². The summed E-state index contributed by atoms with van der Waals surface area (Å²) in [7, 11) is 0. The van der Waals surface area contributed by atoms with Crippen LogP contribution in [0.1, 0.15) is 66.4 Å². The van der Waals surface area contributed by atoms with Crippen molar-refractivity contribution in [3.8, 4) is 11.8 Å². The summed E-state index contributed by atoms with van der Waals surface area (Å²) in [5.41, 5.74) is 1.83. The summed E-state index contributed by atoms with van der Waals surface area (Å²) in [4.78, 5) is 13.1. The van der Waals surface area contributed by atoms with Crippen molar-refractivity contribution in [2.75, 3.05) is 0 Å². The number of benzene rings is 2. The van der Waals surface area contributed by atoms with E-state index in [-0.39, 0.29) is 22.7 Å². The zero-order valence-corrected chi connectivity index (χ0v) is 19.5. The molecule has 164 valence electrons. The number of esters is 1. The van der Waals surface area contributed by atoms with Crippen LogP contribution in [-0.2, 0) is 4.79 Å². The van der Waals surface area contributed by atoms with E-state index in [2.05, 4.69) is 57.8 Å². The highest BCUT2D eigenvalue weighted by molar-refractivity contribution is 5.76. The molecule has 0 fully saturated rings. The lowest BCUT2D eigenvalue weighted by Crippen LogP contribution is -2.37. The van der Waals surface area contributed by atoms with E-state index in [0.717, 1.165) is 19.3 Å². The smallest absolute Gasteiger partial charge is 0.314 e. The molecule has 0 saturated heterocycles. The molecular weight excluding hydrogens is 386 g/mol. The van der Waals surface area contributed by atoms with E-state index in [0.29, 0.717) is 22.7 Å². The van der Waals surface area contributed by atoms with Crippen molar-refractivity contribution in [2.45, 2.75) is 60.8 Å². The van der Waals surface area contributed by atoms with Crippen LogP contribution in [0.2, 0.25) is 0 Å². The quantitative estimate of drug-likeness (QED) is 0.237. The first kappa shape index (κ1) is 24.3. The maximum absolute atomic E-state index is 13.1. The monoisotopic (exact) mass is 419 g/mol. The number of azo groups is 1. The lowest BCUT2D eigenvalue weighted by molar-refractivity contribution is -0.144. The summed E-state index contributed by atoms with van der Waals surface area (Å²) in [6, 6.07) is 16.0. The van der Waals surface area contributed by atoms with E-state index < -0.39 is 0 Å². The van der Waals surface area contributed by atoms with Gasteiger partial charge in [0.2, 0.25) is 0 Å². The Balaban J connectivity index is 2.09. The molecule has 0 radical (unpaired) electrons. The predicted molar refractivity (Wildman–Crippen MR) is 124 cm³/mol. The number of carbonyl (C=O) groups excluding carboxylic acids is 1. The summed E-state index contributed by atoms with van der Waals surface area (Å²) in [6.45, 7) is 13.0. The van der Waals surface area contributed by atoms with Gasteiger partial charge in [0.1, 0.15) is 5.75 Å². The lowest BCUT2D eigenvalue weighted by Gasteiger charge is -2.37. The molecule has 0 spiro atoms. The molecule has 1 unspecified atom stereocenters. The van der Waals surface area contributed by atoms with E-state index in [1.54, 1.807) is 48.5 Å². The standard InChI is InChI=1S/C26H33N3O2/c1-7-25(3,4)17-23(26(5,6)8-2)24(30)31-22-15-13-21(14-16-22)29-28-20-11-9-19(18-27)10-12-20/h9-16,23H,7-8,17H2,1-6H3/b29-28+. The maximum Gasteiger partial charge on any atom is 0.314 e. The second-order valence-corrected chi connectivity index (χ2v) is 9.39. The molecule has 0 amide bonds. The van der Waals surface area contributed by atoms with Crippen LogP contribution in [0.3, 0.4) is 0 Å². The number of hydrogen-bond donors (Lipinski definition) is 0. The third-order valence-electron chi connectivity index (χ3n) is 6.19. The fraction of sp³-hybridized carbons (Fsp3) is 0.462. The van der Waals surface area contributed by atoms with E-state index in [9.17, 15) is 4.79 Å². The van der Waals surface area contributed by atoms with Crippen LogP contribution in [0.25, 0.3) is 0 Å². The Hall–Kier alpha value is -3.00. The van der Waals surface area contributed by atoms with Gasteiger partial charge in [-0.1, -0.05) is 54.4 Å². The van der Waals surface area contributed by atoms with Gasteiger partial charge in [-0.25, -0.2) is 0 Å². The molecule has 31 heavy (non-hydrogen) atoms. The van der Waals surface area contributed by atoms with Gasteiger partial charge in [-0.2, -0.15) is 15.5 Å². The first-order valence-corrected chi connectivity index (χ1v) is 10.8. The normalized spacial score (nSPS) is 13.1. The second kappa shape index (κ2) is 10.3. The molecule has 2 aromatic carbocycles. The molecule has 0 aliphatic carbocycles. The van der Waals surface area contributed by atoms with Crippen LogP contribution in [0.5, 0.6) is 5.75 Å². The molecule has 1 atom stereocenters. The number of carbonyl (C=O) groups is 1. The summed E-state index contributed by atoms with van der Waals surface area (Å²) < 4.78 is 5.76. The maximum atomic E-state index is 13.1. The molecule has 0 aliphatic heterocycles. The van der Waals surface area contributed by atoms with Gasteiger partial charge < -0.3 is 4.74 Å². The minimum atomic E-state index is -0.180. The highest BCUT2D eigenvalue weighted by Crippen LogP contribution is 2.41. The number of nitriles is 1. The van der Waals surface area contributed by atoms with Crippen molar-refractivity contribution in [3.05, 3.63) is 54.1 Å². The highest BCUT2D eigenvalue weighted by atomic mass is 16.5. The van der Waals surface area contributed by atoms with Crippen LogP contribution in [-0.4, -0.2) is 5.97 Å². The molecule has 0 N–H and O–H groups in total. The molecule has 0 heterocycles. The molecular formula is C26H33N3O2. The molecule has 2 rings (SSSR count). The Morgan fingerprint density at radius 3 is 1.90 bits per heavy atom. The van der Waals surface area contributed by atoms with Crippen molar-refractivity contribution in [3.63, 3.8) is 0 Å². The zero-order valence-electron chi connectivity index (χ0n) is 19.5. The Morgan fingerprint density at radius 2 is 1.45 bits per heavy atom. The first-order valence-electron chi connectivity index (χ1n) is 10.8. The minimum absolute atomic E-state index is 0.0752. The predicted octanol–water partition coefficient (Wildman–Crippen LogP) is 7.76. The first-order chi connectivity index (χ1) is 14.6. The molecule has 0 aliphatic rings. The van der Waals surface area contributed by atoms with Crippen molar-refractivity contribution >= 4 is 17.3 Å². The SMILES string of the molecule is CCC(C)(C)CC(C(=O)Oc1ccc(/N=N/c2ccc(C#N)cc2)cc1)C(C)(C)CC. The summed E-state index contributed by atoms with van der Waals surface area (Å²) in [6.07, 6.45) is 2.71. The van der Waals surface area contributed by atoms with Crippen molar-refractivity contribution < 1.29 is 9.53 Å². The van der Waals surface area contributed by atoms with Gasteiger partial charge in [-0.3, -0.25) is 4.79 Å². The molecule has 0 bridgehead atoms. The van der Waals surface area contributed by atoms with Crippen molar-refractivity contribution in [1.29, 1.82) is 5.26 Å². The van der Waals surface area contributed by atoms with Crippen LogP contribution >= 0.6 is 0 Å². The minimum Gasteiger partial charge on any atom is -0.426 e. The van der Waals surface area contributed by atoms with Gasteiger partial charge in [0.05, 0.1) is 28.9 Å². The molecule has 0 saturated carbocycles. The number of rotatable bonds is 9. The fourth-order valence-corrected chi connectivity index (χ4v) is 3.11. The number of nitrogens with zero attached hydrogens (tertiary/aromatic N) is 3. The van der Waals surface area contributed by atoms with Crippen LogP contribution in [0, 0.1) is 28.1 Å². The summed E-state index contributed by atoms with van der Waals surface area (Å²) >= 11 is 0. The van der Waals surface area contributed by atoms with E-state index in [1.165, 1.54) is 0 Å². The van der Waals surface area contributed by atoms with E-state index >= 15 is 0 Å². The lowest BCUT2D eigenvalue weighted by atomic mass is 9.68. The van der Waals surface area contributed by atoms with Crippen LogP contribution in [0.4, 0.5) is 11.4 Å². The molecule has 0 aromatic heterocycles. The van der Waals surface area contributed by atoms with Gasteiger partial charge in [0, 0.05) is 0 Å². The second-order valence-electron chi connectivity index (χ2n) is 9.39. The van der Waals surface area contributed by atoms with Crippen LogP contribution in [0.15, 0.2) is 58.8 Å². The van der Waals surface area contributed by atoms with E-state index in [1.807, 2.05) is 0 Å². The number of hydrogen-bond acceptors (Lipinski definition) is 5. The summed E-state index contributed by atoms with van der Waals surface area (Å²) in [5, 5.41) is 17.2. The Bertz CT molecular complexity index is 936. The van der Waals surface area contributed by atoms with Crippen LogP contribution < -0.4 is 4.74 Å². The van der Waals surface area contributed by atoms with Gasteiger partial charge in [-0.15, -0.1) is 0 Å². The van der Waals surface area contributed by atoms with Gasteiger partial charge in [-0.05, 0) is 65.8 Å².